The van der Waals surface area contributed by atoms with Gasteiger partial charge in [0.2, 0.25) is 0 Å². The number of fused-ring (bicyclic) bond motifs is 1. The zero-order chi connectivity index (χ0) is 14.1. The Morgan fingerprint density at radius 2 is 1.75 bits per heavy atom. The van der Waals surface area contributed by atoms with Crippen molar-refractivity contribution in [1.82, 2.24) is 9.97 Å². The third-order valence-electron chi connectivity index (χ3n) is 3.32. The highest BCUT2D eigenvalue weighted by Crippen LogP contribution is 2.34. The van der Waals surface area contributed by atoms with E-state index in [1.807, 2.05) is 42.5 Å². The number of nitrogens with one attached hydrogen (secondary N) is 1. The summed E-state index contributed by atoms with van der Waals surface area (Å²) in [5, 5.41) is 1.21. The molecule has 0 fully saturated rings. The molecule has 1 heterocycles. The SMILES string of the molecule is NCC(c1nc2ccccc2[nH]1)c1c(Cl)cccc1Cl. The van der Waals surface area contributed by atoms with Crippen molar-refractivity contribution < 1.29 is 0 Å². The number of para-hydroxylation sites is 2. The van der Waals surface area contributed by atoms with Gasteiger partial charge < -0.3 is 10.7 Å². The van der Waals surface area contributed by atoms with E-state index in [9.17, 15) is 0 Å². The van der Waals surface area contributed by atoms with Gasteiger partial charge in [0.25, 0.3) is 0 Å². The molecular weight excluding hydrogens is 293 g/mol. The molecular formula is C15H13Cl2N3. The van der Waals surface area contributed by atoms with Crippen LogP contribution in [0.5, 0.6) is 0 Å². The summed E-state index contributed by atoms with van der Waals surface area (Å²) >= 11 is 12.5. The van der Waals surface area contributed by atoms with E-state index in [1.165, 1.54) is 0 Å². The number of H-pyrrole nitrogens is 1. The third kappa shape index (κ3) is 2.29. The summed E-state index contributed by atoms with van der Waals surface area (Å²) in [6.07, 6.45) is 0. The van der Waals surface area contributed by atoms with Crippen molar-refractivity contribution in [3.05, 3.63) is 63.9 Å². The topological polar surface area (TPSA) is 54.7 Å². The maximum absolute atomic E-state index is 6.27. The van der Waals surface area contributed by atoms with Crippen LogP contribution in [-0.4, -0.2) is 16.5 Å². The van der Waals surface area contributed by atoms with E-state index >= 15 is 0 Å². The van der Waals surface area contributed by atoms with Crippen molar-refractivity contribution in [3.63, 3.8) is 0 Å². The lowest BCUT2D eigenvalue weighted by Crippen LogP contribution is -2.16. The van der Waals surface area contributed by atoms with Crippen LogP contribution in [-0.2, 0) is 0 Å². The van der Waals surface area contributed by atoms with Crippen molar-refractivity contribution >= 4 is 34.2 Å². The first-order chi connectivity index (χ1) is 9.70. The predicted molar refractivity (Wildman–Crippen MR) is 83.5 cm³/mol. The van der Waals surface area contributed by atoms with Crippen molar-refractivity contribution in [2.75, 3.05) is 6.54 Å². The third-order valence-corrected chi connectivity index (χ3v) is 3.98. The fraction of sp³-hybridized carbons (Fsp3) is 0.133. The molecule has 0 radical (unpaired) electrons. The average Bonchev–Trinajstić information content (AvgIpc) is 2.86. The highest BCUT2D eigenvalue weighted by atomic mass is 35.5. The van der Waals surface area contributed by atoms with Crippen LogP contribution in [0, 0.1) is 0 Å². The van der Waals surface area contributed by atoms with Crippen LogP contribution in [0.4, 0.5) is 0 Å². The van der Waals surface area contributed by atoms with Crippen molar-refractivity contribution in [1.29, 1.82) is 0 Å². The predicted octanol–water partition coefficient (Wildman–Crippen LogP) is 3.96. The molecule has 0 saturated carbocycles. The van der Waals surface area contributed by atoms with Gasteiger partial charge in [-0.25, -0.2) is 4.98 Å². The van der Waals surface area contributed by atoms with Crippen LogP contribution < -0.4 is 5.73 Å². The Kier molecular flexibility index (Phi) is 3.66. The first-order valence-corrected chi connectivity index (χ1v) is 7.05. The highest BCUT2D eigenvalue weighted by molar-refractivity contribution is 6.36. The zero-order valence-electron chi connectivity index (χ0n) is 10.6. The maximum atomic E-state index is 6.27. The number of rotatable bonds is 3. The molecule has 0 amide bonds. The van der Waals surface area contributed by atoms with Gasteiger partial charge in [-0.15, -0.1) is 0 Å². The second-order valence-electron chi connectivity index (χ2n) is 4.56. The van der Waals surface area contributed by atoms with Crippen LogP contribution in [0.1, 0.15) is 17.3 Å². The van der Waals surface area contributed by atoms with Crippen LogP contribution in [0.3, 0.4) is 0 Å². The molecule has 3 aromatic rings. The van der Waals surface area contributed by atoms with E-state index in [-0.39, 0.29) is 5.92 Å². The smallest absolute Gasteiger partial charge is 0.116 e. The normalized spacial score (nSPS) is 12.8. The number of hydrogen-bond acceptors (Lipinski definition) is 2. The van der Waals surface area contributed by atoms with E-state index < -0.39 is 0 Å². The number of nitrogens with zero attached hydrogens (tertiary/aromatic N) is 1. The van der Waals surface area contributed by atoms with Gasteiger partial charge in [-0.05, 0) is 24.3 Å². The fourth-order valence-corrected chi connectivity index (χ4v) is 3.01. The van der Waals surface area contributed by atoms with Crippen LogP contribution >= 0.6 is 23.2 Å². The summed E-state index contributed by atoms with van der Waals surface area (Å²) in [5.74, 6) is 0.632. The summed E-state index contributed by atoms with van der Waals surface area (Å²) < 4.78 is 0. The summed E-state index contributed by atoms with van der Waals surface area (Å²) in [5.41, 5.74) is 8.62. The zero-order valence-corrected chi connectivity index (χ0v) is 12.1. The highest BCUT2D eigenvalue weighted by Gasteiger charge is 2.21. The maximum Gasteiger partial charge on any atom is 0.116 e. The van der Waals surface area contributed by atoms with Crippen molar-refractivity contribution in [2.24, 2.45) is 5.73 Å². The molecule has 3 rings (SSSR count). The van der Waals surface area contributed by atoms with Crippen LogP contribution in [0.15, 0.2) is 42.5 Å². The average molecular weight is 306 g/mol. The van der Waals surface area contributed by atoms with E-state index in [0.29, 0.717) is 16.6 Å². The second kappa shape index (κ2) is 5.44. The summed E-state index contributed by atoms with van der Waals surface area (Å²) in [6, 6.07) is 13.3. The summed E-state index contributed by atoms with van der Waals surface area (Å²) in [4.78, 5) is 7.88. The quantitative estimate of drug-likeness (QED) is 0.769. The molecule has 0 saturated heterocycles. The minimum absolute atomic E-state index is 0.149. The first-order valence-electron chi connectivity index (χ1n) is 6.29. The number of aromatic amines is 1. The van der Waals surface area contributed by atoms with Crippen molar-refractivity contribution in [3.8, 4) is 0 Å². The van der Waals surface area contributed by atoms with E-state index in [2.05, 4.69) is 9.97 Å². The molecule has 2 aromatic carbocycles. The Balaban J connectivity index is 2.14. The molecule has 20 heavy (non-hydrogen) atoms. The molecule has 1 unspecified atom stereocenters. The van der Waals surface area contributed by atoms with Gasteiger partial charge in [0, 0.05) is 22.2 Å². The minimum atomic E-state index is -0.149. The van der Waals surface area contributed by atoms with Crippen LogP contribution in [0.25, 0.3) is 11.0 Å². The van der Waals surface area contributed by atoms with Gasteiger partial charge in [-0.2, -0.15) is 0 Å². The molecule has 0 aliphatic rings. The molecule has 5 heteroatoms. The Bertz CT molecular complexity index is 698. The summed E-state index contributed by atoms with van der Waals surface area (Å²) in [6.45, 7) is 0.378. The molecule has 0 bridgehead atoms. The number of halogens is 2. The van der Waals surface area contributed by atoms with Gasteiger partial charge in [-0.1, -0.05) is 41.4 Å². The van der Waals surface area contributed by atoms with E-state index in [1.54, 1.807) is 0 Å². The Labute approximate surface area is 126 Å². The lowest BCUT2D eigenvalue weighted by molar-refractivity contribution is 0.769. The van der Waals surface area contributed by atoms with Crippen molar-refractivity contribution in [2.45, 2.75) is 5.92 Å². The van der Waals surface area contributed by atoms with Gasteiger partial charge in [0.05, 0.1) is 17.0 Å². The Morgan fingerprint density at radius 1 is 1.05 bits per heavy atom. The molecule has 0 spiro atoms. The monoisotopic (exact) mass is 305 g/mol. The number of nitrogens with two attached hydrogens (primary N) is 1. The number of aromatic nitrogens is 2. The molecule has 3 N–H and O–H groups in total. The molecule has 0 aliphatic carbocycles. The molecule has 1 atom stereocenters. The van der Waals surface area contributed by atoms with Gasteiger partial charge in [0.15, 0.2) is 0 Å². The van der Waals surface area contributed by atoms with Gasteiger partial charge >= 0.3 is 0 Å². The lowest BCUT2D eigenvalue weighted by Gasteiger charge is -2.15. The lowest BCUT2D eigenvalue weighted by atomic mass is 9.98. The standard InChI is InChI=1S/C15H13Cl2N3/c16-10-4-3-5-11(17)14(10)9(8-18)15-19-12-6-1-2-7-13(12)20-15/h1-7,9H,8,18H2,(H,19,20). The van der Waals surface area contributed by atoms with Gasteiger partial charge in [-0.3, -0.25) is 0 Å². The number of hydrogen-bond donors (Lipinski definition) is 2. The largest absolute Gasteiger partial charge is 0.341 e. The Hall–Kier alpha value is -1.55. The fourth-order valence-electron chi connectivity index (χ4n) is 2.35. The number of benzene rings is 2. The molecule has 1 aromatic heterocycles. The second-order valence-corrected chi connectivity index (χ2v) is 5.38. The van der Waals surface area contributed by atoms with Crippen LogP contribution in [0.2, 0.25) is 10.0 Å². The van der Waals surface area contributed by atoms with E-state index in [0.717, 1.165) is 22.4 Å². The van der Waals surface area contributed by atoms with Gasteiger partial charge in [0.1, 0.15) is 5.82 Å². The van der Waals surface area contributed by atoms with E-state index in [4.69, 9.17) is 28.9 Å². The molecule has 102 valence electrons. The summed E-state index contributed by atoms with van der Waals surface area (Å²) in [7, 11) is 0. The number of imidazole rings is 1. The first kappa shape index (κ1) is 13.4. The molecule has 3 nitrogen and oxygen atoms in total. The minimum Gasteiger partial charge on any atom is -0.341 e. The molecule has 0 aliphatic heterocycles. The Morgan fingerprint density at radius 3 is 2.40 bits per heavy atom.